The van der Waals surface area contributed by atoms with Crippen LogP contribution in [0.25, 0.3) is 0 Å². The molecule has 0 radical (unpaired) electrons. The van der Waals surface area contributed by atoms with E-state index in [1.165, 1.54) is 37.0 Å². The van der Waals surface area contributed by atoms with Crippen LogP contribution >= 0.6 is 23.7 Å². The van der Waals surface area contributed by atoms with Crippen molar-refractivity contribution >= 4 is 23.7 Å². The quantitative estimate of drug-likeness (QED) is 0.825. The van der Waals surface area contributed by atoms with Crippen molar-refractivity contribution in [1.29, 1.82) is 0 Å². The number of thiophene rings is 1. The normalized spacial score (nSPS) is 20.1. The van der Waals surface area contributed by atoms with E-state index in [4.69, 9.17) is 5.73 Å². The number of nitrogens with two attached hydrogens (primary N) is 1. The Morgan fingerprint density at radius 3 is 2.57 bits per heavy atom. The summed E-state index contributed by atoms with van der Waals surface area (Å²) in [4.78, 5) is 1.37. The van der Waals surface area contributed by atoms with E-state index >= 15 is 0 Å². The van der Waals surface area contributed by atoms with Crippen LogP contribution in [0.1, 0.15) is 43.0 Å². The fourth-order valence-electron chi connectivity index (χ4n) is 2.21. The maximum Gasteiger partial charge on any atom is 0.0418 e. The molecule has 0 bridgehead atoms. The molecule has 3 heteroatoms. The van der Waals surface area contributed by atoms with Crippen LogP contribution < -0.4 is 5.73 Å². The van der Waals surface area contributed by atoms with E-state index in [9.17, 15) is 0 Å². The molecule has 1 nitrogen and oxygen atoms in total. The SMILES string of the molecule is Cl.N[C@H](c1cccs1)C1CCCCC1. The fraction of sp³-hybridized carbons (Fsp3) is 0.636. The molecule has 1 aromatic heterocycles. The lowest BCUT2D eigenvalue weighted by Gasteiger charge is -2.26. The molecule has 1 saturated carbocycles. The van der Waals surface area contributed by atoms with Crippen LogP contribution in [0.3, 0.4) is 0 Å². The van der Waals surface area contributed by atoms with Crippen molar-refractivity contribution in [3.05, 3.63) is 22.4 Å². The van der Waals surface area contributed by atoms with Crippen molar-refractivity contribution in [2.24, 2.45) is 11.7 Å². The van der Waals surface area contributed by atoms with Gasteiger partial charge >= 0.3 is 0 Å². The second-order valence-corrected chi connectivity index (χ2v) is 4.92. The first-order valence-corrected chi connectivity index (χ1v) is 6.05. The lowest BCUT2D eigenvalue weighted by molar-refractivity contribution is 0.311. The summed E-state index contributed by atoms with van der Waals surface area (Å²) in [5, 5.41) is 2.12. The van der Waals surface area contributed by atoms with E-state index in [-0.39, 0.29) is 12.4 Å². The summed E-state index contributed by atoms with van der Waals surface area (Å²) in [5.41, 5.74) is 6.22. The molecule has 0 aromatic carbocycles. The van der Waals surface area contributed by atoms with Gasteiger partial charge in [0.1, 0.15) is 0 Å². The lowest BCUT2D eigenvalue weighted by Crippen LogP contribution is -2.22. The molecule has 1 aliphatic rings. The first-order valence-electron chi connectivity index (χ1n) is 5.17. The van der Waals surface area contributed by atoms with Crippen LogP contribution in [-0.2, 0) is 0 Å². The highest BCUT2D eigenvalue weighted by atomic mass is 35.5. The van der Waals surface area contributed by atoms with Gasteiger partial charge in [0.2, 0.25) is 0 Å². The Morgan fingerprint density at radius 1 is 1.29 bits per heavy atom. The molecular weight excluding hydrogens is 214 g/mol. The monoisotopic (exact) mass is 231 g/mol. The Hall–Kier alpha value is -0.0500. The number of halogens is 1. The molecule has 2 rings (SSSR count). The molecule has 0 amide bonds. The van der Waals surface area contributed by atoms with Crippen molar-refractivity contribution in [3.8, 4) is 0 Å². The standard InChI is InChI=1S/C11H17NS.ClH/c12-11(10-7-4-8-13-10)9-5-2-1-3-6-9;/h4,7-9,11H,1-3,5-6,12H2;1H/t11-;/m0./s1. The summed E-state index contributed by atoms with van der Waals surface area (Å²) in [5.74, 6) is 0.743. The molecule has 1 atom stereocenters. The average Bonchev–Trinajstić information content (AvgIpc) is 2.71. The molecular formula is C11H18ClNS. The van der Waals surface area contributed by atoms with E-state index in [0.717, 1.165) is 5.92 Å². The van der Waals surface area contributed by atoms with Gasteiger partial charge in [-0.05, 0) is 30.2 Å². The second kappa shape index (κ2) is 5.74. The topological polar surface area (TPSA) is 26.0 Å². The van der Waals surface area contributed by atoms with Crippen LogP contribution in [0, 0.1) is 5.92 Å². The van der Waals surface area contributed by atoms with E-state index < -0.39 is 0 Å². The van der Waals surface area contributed by atoms with Crippen LogP contribution in [0.5, 0.6) is 0 Å². The number of hydrogen-bond acceptors (Lipinski definition) is 2. The molecule has 0 saturated heterocycles. The zero-order chi connectivity index (χ0) is 9.10. The maximum absolute atomic E-state index is 6.22. The van der Waals surface area contributed by atoms with E-state index in [1.807, 2.05) is 0 Å². The number of rotatable bonds is 2. The van der Waals surface area contributed by atoms with Gasteiger partial charge in [-0.1, -0.05) is 25.3 Å². The molecule has 1 aromatic rings. The van der Waals surface area contributed by atoms with Gasteiger partial charge in [0, 0.05) is 10.9 Å². The van der Waals surface area contributed by atoms with Crippen molar-refractivity contribution in [2.45, 2.75) is 38.1 Å². The summed E-state index contributed by atoms with van der Waals surface area (Å²) in [7, 11) is 0. The van der Waals surface area contributed by atoms with Crippen LogP contribution in [0.4, 0.5) is 0 Å². The number of hydrogen-bond donors (Lipinski definition) is 1. The highest BCUT2D eigenvalue weighted by Crippen LogP contribution is 2.34. The molecule has 1 heterocycles. The Kier molecular flexibility index (Phi) is 4.93. The summed E-state index contributed by atoms with van der Waals surface area (Å²) in [6.45, 7) is 0. The Labute approximate surface area is 96.1 Å². The van der Waals surface area contributed by atoms with Crippen molar-refractivity contribution in [3.63, 3.8) is 0 Å². The molecule has 14 heavy (non-hydrogen) atoms. The molecule has 1 aliphatic carbocycles. The van der Waals surface area contributed by atoms with E-state index in [1.54, 1.807) is 11.3 Å². The van der Waals surface area contributed by atoms with E-state index in [0.29, 0.717) is 6.04 Å². The van der Waals surface area contributed by atoms with Gasteiger partial charge in [-0.2, -0.15) is 0 Å². The fourth-order valence-corrected chi connectivity index (χ4v) is 3.03. The summed E-state index contributed by atoms with van der Waals surface area (Å²) < 4.78 is 0. The lowest BCUT2D eigenvalue weighted by atomic mass is 9.84. The summed E-state index contributed by atoms with van der Waals surface area (Å²) in [6.07, 6.45) is 6.83. The maximum atomic E-state index is 6.22. The Morgan fingerprint density at radius 2 is 2.00 bits per heavy atom. The predicted octanol–water partition coefficient (Wildman–Crippen LogP) is 3.75. The highest BCUT2D eigenvalue weighted by molar-refractivity contribution is 7.10. The van der Waals surface area contributed by atoms with Gasteiger partial charge in [0.15, 0.2) is 0 Å². The molecule has 0 unspecified atom stereocenters. The second-order valence-electron chi connectivity index (χ2n) is 3.94. The van der Waals surface area contributed by atoms with E-state index in [2.05, 4.69) is 17.5 Å². The zero-order valence-electron chi connectivity index (χ0n) is 8.32. The minimum absolute atomic E-state index is 0. The Balaban J connectivity index is 0.000000980. The Bertz CT molecular complexity index is 242. The average molecular weight is 232 g/mol. The molecule has 80 valence electrons. The van der Waals surface area contributed by atoms with Crippen molar-refractivity contribution in [2.75, 3.05) is 0 Å². The third kappa shape index (κ3) is 2.72. The predicted molar refractivity (Wildman–Crippen MR) is 65.1 cm³/mol. The van der Waals surface area contributed by atoms with Gasteiger partial charge in [0.05, 0.1) is 0 Å². The largest absolute Gasteiger partial charge is 0.323 e. The van der Waals surface area contributed by atoms with Crippen molar-refractivity contribution < 1.29 is 0 Å². The minimum Gasteiger partial charge on any atom is -0.323 e. The van der Waals surface area contributed by atoms with Crippen LogP contribution in [0.15, 0.2) is 17.5 Å². The minimum atomic E-state index is 0. The van der Waals surface area contributed by atoms with Gasteiger partial charge < -0.3 is 5.73 Å². The van der Waals surface area contributed by atoms with Crippen LogP contribution in [0.2, 0.25) is 0 Å². The smallest absolute Gasteiger partial charge is 0.0418 e. The van der Waals surface area contributed by atoms with Crippen molar-refractivity contribution in [1.82, 2.24) is 0 Å². The zero-order valence-corrected chi connectivity index (χ0v) is 9.95. The molecule has 0 aliphatic heterocycles. The highest BCUT2D eigenvalue weighted by Gasteiger charge is 2.21. The van der Waals surface area contributed by atoms with Crippen LogP contribution in [-0.4, -0.2) is 0 Å². The molecule has 1 fully saturated rings. The summed E-state index contributed by atoms with van der Waals surface area (Å²) in [6, 6.07) is 4.58. The third-order valence-electron chi connectivity index (χ3n) is 3.03. The first kappa shape index (κ1) is 12.0. The summed E-state index contributed by atoms with van der Waals surface area (Å²) >= 11 is 1.80. The van der Waals surface area contributed by atoms with Gasteiger partial charge in [-0.25, -0.2) is 0 Å². The van der Waals surface area contributed by atoms with Gasteiger partial charge in [0.25, 0.3) is 0 Å². The van der Waals surface area contributed by atoms with Gasteiger partial charge in [-0.3, -0.25) is 0 Å². The molecule has 0 spiro atoms. The van der Waals surface area contributed by atoms with Gasteiger partial charge in [-0.15, -0.1) is 23.7 Å². The first-order chi connectivity index (χ1) is 6.38. The third-order valence-corrected chi connectivity index (χ3v) is 4.00. The molecule has 2 N–H and O–H groups in total.